The summed E-state index contributed by atoms with van der Waals surface area (Å²) in [5.74, 6) is 1.04. The quantitative estimate of drug-likeness (QED) is 0.320. The van der Waals surface area contributed by atoms with Crippen molar-refractivity contribution in [1.29, 1.82) is 5.26 Å². The van der Waals surface area contributed by atoms with E-state index in [1.165, 1.54) is 5.56 Å². The first-order valence-electron chi connectivity index (χ1n) is 10.3. The highest BCUT2D eigenvalue weighted by molar-refractivity contribution is 9.12. The summed E-state index contributed by atoms with van der Waals surface area (Å²) >= 11 is 3.44. The van der Waals surface area contributed by atoms with Gasteiger partial charge in [0.05, 0.1) is 6.54 Å². The molecule has 5 heteroatoms. The van der Waals surface area contributed by atoms with E-state index in [-0.39, 0.29) is 0 Å². The molecular weight excluding hydrogens is 448 g/mol. The minimum Gasteiger partial charge on any atom is -0.308 e. The predicted octanol–water partition coefficient (Wildman–Crippen LogP) is 6.34. The molecule has 2 aromatic heterocycles. The molecule has 0 aliphatic heterocycles. The van der Waals surface area contributed by atoms with Gasteiger partial charge in [-0.3, -0.25) is 0 Å². The molecule has 0 aliphatic carbocycles. The first kappa shape index (κ1) is 21.0. The molecule has 2 aromatic carbocycles. The summed E-state index contributed by atoms with van der Waals surface area (Å²) in [6.45, 7) is 6.95. The second kappa shape index (κ2) is 8.87. The van der Waals surface area contributed by atoms with Crippen LogP contribution in [0.4, 0.5) is 0 Å². The Labute approximate surface area is 191 Å². The maximum Gasteiger partial charge on any atom is 0.160 e. The molecular formula is C26H23BrN4. The summed E-state index contributed by atoms with van der Waals surface area (Å²) < 4.78 is 2.74. The molecule has 0 aliphatic rings. The third-order valence-electron chi connectivity index (χ3n) is 5.38. The van der Waals surface area contributed by atoms with E-state index in [4.69, 9.17) is 9.97 Å². The predicted molar refractivity (Wildman–Crippen MR) is 129 cm³/mol. The molecule has 4 aromatic rings. The summed E-state index contributed by atoms with van der Waals surface area (Å²) in [4.78, 5) is 9.61. The fourth-order valence-electron chi connectivity index (χ4n) is 3.92. The number of allylic oxidation sites excluding steroid dienone is 1. The molecule has 154 valence electrons. The second-order valence-corrected chi connectivity index (χ2v) is 8.38. The lowest BCUT2D eigenvalue weighted by Gasteiger charge is -2.12. The standard InChI is InChI=1S/C26H23BrN4/c1-4-23-30-25-17(2)14-18(3)29-26(25)31(23)16-19-10-12-21(13-11-19)24(22(27)15-28)20-8-6-5-7-9-20/h5-14H,4,16H2,1-3H3/b24-22+. The minimum atomic E-state index is 0.524. The van der Waals surface area contributed by atoms with Gasteiger partial charge in [0.25, 0.3) is 0 Å². The molecule has 2 heterocycles. The molecule has 0 radical (unpaired) electrons. The number of halogens is 1. The van der Waals surface area contributed by atoms with E-state index in [2.05, 4.69) is 70.7 Å². The van der Waals surface area contributed by atoms with E-state index in [1.807, 2.05) is 37.3 Å². The average Bonchev–Trinajstić information content (AvgIpc) is 3.13. The van der Waals surface area contributed by atoms with Crippen molar-refractivity contribution in [2.24, 2.45) is 0 Å². The van der Waals surface area contributed by atoms with Crippen LogP contribution in [0.15, 0.2) is 65.1 Å². The molecule has 0 unspecified atom stereocenters. The molecule has 4 rings (SSSR count). The van der Waals surface area contributed by atoms with Gasteiger partial charge in [0.1, 0.15) is 21.9 Å². The van der Waals surface area contributed by atoms with Crippen molar-refractivity contribution in [3.05, 3.63) is 98.9 Å². The number of aryl methyl sites for hydroxylation is 3. The van der Waals surface area contributed by atoms with Crippen LogP contribution in [0.3, 0.4) is 0 Å². The van der Waals surface area contributed by atoms with Crippen molar-refractivity contribution in [1.82, 2.24) is 14.5 Å². The number of rotatable bonds is 5. The molecule has 0 fully saturated rings. The summed E-state index contributed by atoms with van der Waals surface area (Å²) in [6, 6.07) is 22.7. The molecule has 0 saturated carbocycles. The van der Waals surface area contributed by atoms with Crippen LogP contribution in [-0.2, 0) is 13.0 Å². The van der Waals surface area contributed by atoms with Crippen LogP contribution in [-0.4, -0.2) is 14.5 Å². The zero-order valence-corrected chi connectivity index (χ0v) is 19.4. The first-order valence-corrected chi connectivity index (χ1v) is 11.1. The zero-order chi connectivity index (χ0) is 22.0. The first-order chi connectivity index (χ1) is 15.0. The van der Waals surface area contributed by atoms with Crippen molar-refractivity contribution in [2.45, 2.75) is 33.7 Å². The SMILES string of the molecule is CCc1nc2c(C)cc(C)nc2n1Cc1ccc(/C(=C(/Br)C#N)c2ccccc2)cc1. The van der Waals surface area contributed by atoms with Crippen LogP contribution in [0, 0.1) is 25.2 Å². The Bertz CT molecular complexity index is 1310. The Morgan fingerprint density at radius 3 is 2.32 bits per heavy atom. The third-order valence-corrected chi connectivity index (χ3v) is 5.95. The Morgan fingerprint density at radius 2 is 1.68 bits per heavy atom. The van der Waals surface area contributed by atoms with Crippen molar-refractivity contribution in [3.8, 4) is 6.07 Å². The molecule has 0 amide bonds. The lowest BCUT2D eigenvalue weighted by Crippen LogP contribution is -2.06. The molecule has 0 spiro atoms. The summed E-state index contributed by atoms with van der Waals surface area (Å²) in [5.41, 5.74) is 8.14. The Balaban J connectivity index is 1.72. The highest BCUT2D eigenvalue weighted by Crippen LogP contribution is 2.30. The lowest BCUT2D eigenvalue weighted by molar-refractivity contribution is 0.745. The van der Waals surface area contributed by atoms with Gasteiger partial charge >= 0.3 is 0 Å². The van der Waals surface area contributed by atoms with Gasteiger partial charge in [0.2, 0.25) is 0 Å². The van der Waals surface area contributed by atoms with Gasteiger partial charge in [-0.2, -0.15) is 5.26 Å². The number of benzene rings is 2. The normalized spacial score (nSPS) is 12.0. The Hall–Kier alpha value is -3.23. The summed E-state index contributed by atoms with van der Waals surface area (Å²) in [6.07, 6.45) is 0.850. The third kappa shape index (κ3) is 4.17. The van der Waals surface area contributed by atoms with Crippen molar-refractivity contribution in [3.63, 3.8) is 0 Å². The summed E-state index contributed by atoms with van der Waals surface area (Å²) in [5, 5.41) is 9.48. The molecule has 31 heavy (non-hydrogen) atoms. The number of hydrogen-bond donors (Lipinski definition) is 0. The fourth-order valence-corrected chi connectivity index (χ4v) is 4.38. The number of fused-ring (bicyclic) bond motifs is 1. The van der Waals surface area contributed by atoms with E-state index in [0.29, 0.717) is 11.0 Å². The van der Waals surface area contributed by atoms with E-state index in [0.717, 1.165) is 51.4 Å². The van der Waals surface area contributed by atoms with Gasteiger partial charge in [0.15, 0.2) is 5.65 Å². The van der Waals surface area contributed by atoms with Gasteiger partial charge in [-0.15, -0.1) is 0 Å². The summed E-state index contributed by atoms with van der Waals surface area (Å²) in [7, 11) is 0. The Kier molecular flexibility index (Phi) is 6.01. The van der Waals surface area contributed by atoms with Gasteiger partial charge in [-0.25, -0.2) is 9.97 Å². The topological polar surface area (TPSA) is 54.5 Å². The average molecular weight is 471 g/mol. The molecule has 0 atom stereocenters. The fraction of sp³-hybridized carbons (Fsp3) is 0.192. The van der Waals surface area contributed by atoms with Gasteiger partial charge in [0, 0.05) is 17.7 Å². The molecule has 0 N–H and O–H groups in total. The van der Waals surface area contributed by atoms with E-state index in [1.54, 1.807) is 0 Å². The van der Waals surface area contributed by atoms with Crippen molar-refractivity contribution >= 4 is 32.7 Å². The van der Waals surface area contributed by atoms with E-state index in [9.17, 15) is 5.26 Å². The maximum absolute atomic E-state index is 9.48. The molecule has 0 bridgehead atoms. The lowest BCUT2D eigenvalue weighted by atomic mass is 9.97. The molecule has 0 saturated heterocycles. The van der Waals surface area contributed by atoms with Crippen LogP contribution >= 0.6 is 15.9 Å². The van der Waals surface area contributed by atoms with Crippen LogP contribution in [0.25, 0.3) is 16.7 Å². The number of nitriles is 1. The minimum absolute atomic E-state index is 0.524. The van der Waals surface area contributed by atoms with Gasteiger partial charge in [-0.1, -0.05) is 61.5 Å². The van der Waals surface area contributed by atoms with Crippen LogP contribution in [0.1, 0.15) is 40.7 Å². The van der Waals surface area contributed by atoms with Crippen molar-refractivity contribution < 1.29 is 0 Å². The Morgan fingerprint density at radius 1 is 1.00 bits per heavy atom. The maximum atomic E-state index is 9.48. The second-order valence-electron chi connectivity index (χ2n) is 7.58. The van der Waals surface area contributed by atoms with E-state index < -0.39 is 0 Å². The molecule has 4 nitrogen and oxygen atoms in total. The monoisotopic (exact) mass is 470 g/mol. The number of pyridine rings is 1. The number of nitrogens with zero attached hydrogens (tertiary/aromatic N) is 4. The number of imidazole rings is 1. The van der Waals surface area contributed by atoms with Gasteiger partial charge in [-0.05, 0) is 58.1 Å². The largest absolute Gasteiger partial charge is 0.308 e. The highest BCUT2D eigenvalue weighted by Gasteiger charge is 2.15. The zero-order valence-electron chi connectivity index (χ0n) is 17.9. The highest BCUT2D eigenvalue weighted by atomic mass is 79.9. The van der Waals surface area contributed by atoms with E-state index >= 15 is 0 Å². The smallest absolute Gasteiger partial charge is 0.160 e. The van der Waals surface area contributed by atoms with Crippen LogP contribution in [0.2, 0.25) is 0 Å². The number of aromatic nitrogens is 3. The number of hydrogen-bond acceptors (Lipinski definition) is 3. The van der Waals surface area contributed by atoms with Gasteiger partial charge < -0.3 is 4.57 Å². The van der Waals surface area contributed by atoms with Crippen LogP contribution < -0.4 is 0 Å². The van der Waals surface area contributed by atoms with Crippen LogP contribution in [0.5, 0.6) is 0 Å². The van der Waals surface area contributed by atoms with Crippen molar-refractivity contribution in [2.75, 3.05) is 0 Å².